The van der Waals surface area contributed by atoms with Crippen molar-refractivity contribution in [3.63, 3.8) is 0 Å². The number of nitrogens with zero attached hydrogens (tertiary/aromatic N) is 1. The van der Waals surface area contributed by atoms with E-state index in [2.05, 4.69) is 10.2 Å². The molecule has 0 bridgehead atoms. The number of anilines is 1. The Morgan fingerprint density at radius 2 is 1.95 bits per heavy atom. The van der Waals surface area contributed by atoms with E-state index in [1.165, 1.54) is 18.5 Å². The summed E-state index contributed by atoms with van der Waals surface area (Å²) in [6.07, 6.45) is 4.88. The fraction of sp³-hybridized carbons (Fsp3) is 0.562. The topological polar surface area (TPSA) is 41.6 Å². The zero-order valence-electron chi connectivity index (χ0n) is 11.8. The van der Waals surface area contributed by atoms with Crippen LogP contribution in [-0.4, -0.2) is 38.3 Å². The van der Waals surface area contributed by atoms with Crippen LogP contribution in [0.15, 0.2) is 24.3 Å². The van der Waals surface area contributed by atoms with E-state index in [4.69, 9.17) is 4.74 Å². The van der Waals surface area contributed by atoms with Gasteiger partial charge in [-0.2, -0.15) is 0 Å². The van der Waals surface area contributed by atoms with Crippen LogP contribution in [0.25, 0.3) is 0 Å². The van der Waals surface area contributed by atoms with E-state index in [9.17, 15) is 4.79 Å². The molecule has 0 aliphatic carbocycles. The van der Waals surface area contributed by atoms with Crippen molar-refractivity contribution < 1.29 is 9.53 Å². The minimum atomic E-state index is -0.00604. The average molecular weight is 274 g/mol. The van der Waals surface area contributed by atoms with Gasteiger partial charge in [-0.05, 0) is 49.9 Å². The lowest BCUT2D eigenvalue weighted by Gasteiger charge is -2.17. The van der Waals surface area contributed by atoms with Gasteiger partial charge in [0.05, 0.1) is 6.10 Å². The maximum absolute atomic E-state index is 12.1. The summed E-state index contributed by atoms with van der Waals surface area (Å²) in [4.78, 5) is 14.4. The van der Waals surface area contributed by atoms with Crippen molar-refractivity contribution in [3.05, 3.63) is 29.8 Å². The van der Waals surface area contributed by atoms with Gasteiger partial charge >= 0.3 is 0 Å². The number of benzene rings is 1. The fourth-order valence-electron chi connectivity index (χ4n) is 2.91. The molecule has 3 rings (SSSR count). The Labute approximate surface area is 120 Å². The van der Waals surface area contributed by atoms with Crippen molar-refractivity contribution in [1.82, 2.24) is 5.32 Å². The third-order valence-electron chi connectivity index (χ3n) is 4.11. The summed E-state index contributed by atoms with van der Waals surface area (Å²) in [6, 6.07) is 7.93. The van der Waals surface area contributed by atoms with E-state index in [-0.39, 0.29) is 12.0 Å². The van der Waals surface area contributed by atoms with Crippen molar-refractivity contribution >= 4 is 11.6 Å². The molecular weight excluding hydrogens is 252 g/mol. The Kier molecular flexibility index (Phi) is 4.21. The van der Waals surface area contributed by atoms with Gasteiger partial charge in [0, 0.05) is 37.5 Å². The lowest BCUT2D eigenvalue weighted by Crippen LogP contribution is -2.31. The first kappa shape index (κ1) is 13.4. The monoisotopic (exact) mass is 274 g/mol. The van der Waals surface area contributed by atoms with Crippen LogP contribution in [0.3, 0.4) is 0 Å². The first-order valence-electron chi connectivity index (χ1n) is 7.58. The third kappa shape index (κ3) is 3.12. The number of nitrogens with one attached hydrogen (secondary N) is 1. The maximum atomic E-state index is 12.1. The molecule has 108 valence electrons. The number of amides is 1. The molecule has 0 aromatic heterocycles. The van der Waals surface area contributed by atoms with Gasteiger partial charge in [-0.3, -0.25) is 4.79 Å². The summed E-state index contributed by atoms with van der Waals surface area (Å²) in [5, 5.41) is 2.95. The van der Waals surface area contributed by atoms with Gasteiger partial charge in [0.15, 0.2) is 0 Å². The van der Waals surface area contributed by atoms with Crippen molar-refractivity contribution in [1.29, 1.82) is 0 Å². The molecule has 1 N–H and O–H groups in total. The molecule has 1 aromatic rings. The van der Waals surface area contributed by atoms with Gasteiger partial charge in [0.2, 0.25) is 0 Å². The van der Waals surface area contributed by atoms with Crippen LogP contribution in [0.2, 0.25) is 0 Å². The SMILES string of the molecule is O=C(NC[C@@H]1CCCO1)c1ccc(N2CCCC2)cc1. The van der Waals surface area contributed by atoms with Crippen LogP contribution in [0.5, 0.6) is 0 Å². The summed E-state index contributed by atoms with van der Waals surface area (Å²) in [5.74, 6) is -0.00604. The molecule has 1 aromatic carbocycles. The number of hydrogen-bond donors (Lipinski definition) is 1. The minimum absolute atomic E-state index is 0.00604. The molecular formula is C16H22N2O2. The number of carbonyl (C=O) groups excluding carboxylic acids is 1. The second-order valence-corrected chi connectivity index (χ2v) is 5.59. The Morgan fingerprint density at radius 3 is 2.60 bits per heavy atom. The quantitative estimate of drug-likeness (QED) is 0.915. The molecule has 4 heteroatoms. The van der Waals surface area contributed by atoms with Crippen LogP contribution in [0, 0.1) is 0 Å². The van der Waals surface area contributed by atoms with Gasteiger partial charge < -0.3 is 15.0 Å². The van der Waals surface area contributed by atoms with Gasteiger partial charge in [-0.15, -0.1) is 0 Å². The first-order chi connectivity index (χ1) is 9.83. The predicted octanol–water partition coefficient (Wildman–Crippen LogP) is 2.20. The van der Waals surface area contributed by atoms with Gasteiger partial charge in [-0.1, -0.05) is 0 Å². The van der Waals surface area contributed by atoms with Crippen LogP contribution in [0.1, 0.15) is 36.0 Å². The molecule has 2 aliphatic rings. The van der Waals surface area contributed by atoms with Gasteiger partial charge in [-0.25, -0.2) is 0 Å². The highest BCUT2D eigenvalue weighted by atomic mass is 16.5. The van der Waals surface area contributed by atoms with Gasteiger partial charge in [0.1, 0.15) is 0 Å². The third-order valence-corrected chi connectivity index (χ3v) is 4.11. The maximum Gasteiger partial charge on any atom is 0.251 e. The van der Waals surface area contributed by atoms with Crippen molar-refractivity contribution in [2.24, 2.45) is 0 Å². The number of hydrogen-bond acceptors (Lipinski definition) is 3. The zero-order chi connectivity index (χ0) is 13.8. The molecule has 1 atom stereocenters. The fourth-order valence-corrected chi connectivity index (χ4v) is 2.91. The normalized spacial score (nSPS) is 22.2. The van der Waals surface area contributed by atoms with E-state index < -0.39 is 0 Å². The molecule has 0 spiro atoms. The molecule has 0 saturated carbocycles. The largest absolute Gasteiger partial charge is 0.376 e. The van der Waals surface area contributed by atoms with E-state index in [0.29, 0.717) is 6.54 Å². The molecule has 1 amide bonds. The summed E-state index contributed by atoms with van der Waals surface area (Å²) < 4.78 is 5.50. The molecule has 2 heterocycles. The zero-order valence-corrected chi connectivity index (χ0v) is 11.8. The molecule has 0 unspecified atom stereocenters. The highest BCUT2D eigenvalue weighted by molar-refractivity contribution is 5.94. The average Bonchev–Trinajstić information content (AvgIpc) is 3.18. The minimum Gasteiger partial charge on any atom is -0.376 e. The highest BCUT2D eigenvalue weighted by Crippen LogP contribution is 2.20. The molecule has 0 radical (unpaired) electrons. The molecule has 4 nitrogen and oxygen atoms in total. The van der Waals surface area contributed by atoms with E-state index in [1.54, 1.807) is 0 Å². The van der Waals surface area contributed by atoms with Crippen LogP contribution >= 0.6 is 0 Å². The molecule has 20 heavy (non-hydrogen) atoms. The number of ether oxygens (including phenoxy) is 1. The van der Waals surface area contributed by atoms with Crippen LogP contribution < -0.4 is 10.2 Å². The summed E-state index contributed by atoms with van der Waals surface area (Å²) in [6.45, 7) is 3.70. The Bertz CT molecular complexity index is 446. The molecule has 2 fully saturated rings. The standard InChI is InChI=1S/C16H22N2O2/c19-16(17-12-15-4-3-11-20-15)13-5-7-14(8-6-13)18-9-1-2-10-18/h5-8,15H,1-4,9-12H2,(H,17,19)/t15-/m0/s1. The van der Waals surface area contributed by atoms with Crippen LogP contribution in [-0.2, 0) is 4.74 Å². The Balaban J connectivity index is 1.54. The molecule has 2 saturated heterocycles. The highest BCUT2D eigenvalue weighted by Gasteiger charge is 2.17. The van der Waals surface area contributed by atoms with Crippen molar-refractivity contribution in [2.75, 3.05) is 31.1 Å². The smallest absolute Gasteiger partial charge is 0.251 e. The Hall–Kier alpha value is -1.55. The second kappa shape index (κ2) is 6.27. The van der Waals surface area contributed by atoms with E-state index >= 15 is 0 Å². The van der Waals surface area contributed by atoms with Crippen molar-refractivity contribution in [2.45, 2.75) is 31.8 Å². The van der Waals surface area contributed by atoms with Crippen molar-refractivity contribution in [3.8, 4) is 0 Å². The second-order valence-electron chi connectivity index (χ2n) is 5.59. The molecule has 2 aliphatic heterocycles. The lowest BCUT2D eigenvalue weighted by atomic mass is 10.1. The van der Waals surface area contributed by atoms with Gasteiger partial charge in [0.25, 0.3) is 5.91 Å². The summed E-state index contributed by atoms with van der Waals surface area (Å²) >= 11 is 0. The first-order valence-corrected chi connectivity index (χ1v) is 7.58. The Morgan fingerprint density at radius 1 is 1.20 bits per heavy atom. The predicted molar refractivity (Wildman–Crippen MR) is 79.2 cm³/mol. The lowest BCUT2D eigenvalue weighted by molar-refractivity contribution is 0.0858. The summed E-state index contributed by atoms with van der Waals surface area (Å²) in [5.41, 5.74) is 1.95. The number of rotatable bonds is 4. The van der Waals surface area contributed by atoms with Crippen LogP contribution in [0.4, 0.5) is 5.69 Å². The number of carbonyl (C=O) groups is 1. The van der Waals surface area contributed by atoms with E-state index in [0.717, 1.165) is 38.1 Å². The van der Waals surface area contributed by atoms with E-state index in [1.807, 2.05) is 24.3 Å². The summed E-state index contributed by atoms with van der Waals surface area (Å²) in [7, 11) is 0.